The number of pyridine rings is 2. The normalized spacial score (nSPS) is 12.5. The van der Waals surface area contributed by atoms with Gasteiger partial charge in [-0.1, -0.05) is 12.1 Å². The van der Waals surface area contributed by atoms with Gasteiger partial charge in [-0.05, 0) is 31.2 Å². The molecule has 5 rings (SSSR count). The molecule has 0 aliphatic carbocycles. The van der Waals surface area contributed by atoms with E-state index in [0.29, 0.717) is 11.2 Å². The Balaban J connectivity index is 1.81. The van der Waals surface area contributed by atoms with Crippen LogP contribution in [0.15, 0.2) is 55.1 Å². The zero-order chi connectivity index (χ0) is 20.0. The third kappa shape index (κ3) is 2.68. The summed E-state index contributed by atoms with van der Waals surface area (Å²) >= 11 is 0. The summed E-state index contributed by atoms with van der Waals surface area (Å²) in [6.45, 7) is 2.03. The molecule has 8 nitrogen and oxygen atoms in total. The average Bonchev–Trinajstić information content (AvgIpc) is 3.41. The standard InChI is InChI=1S/C21H19N7O/c1-12(17-10-23-11-25-17)26-15-7-8-24-19-13(15)9-14(21(29)22-2)20-27-16-5-3-4-6-18(16)28(19)20/h3-12H,1-2H3,(H,22,29)(H,23,25)(H,24,26). The number of carbonyl (C=O) groups is 1. The fourth-order valence-electron chi connectivity index (χ4n) is 3.66. The molecule has 3 N–H and O–H groups in total. The average molecular weight is 385 g/mol. The summed E-state index contributed by atoms with van der Waals surface area (Å²) in [5.74, 6) is -0.192. The molecule has 1 aromatic carbocycles. The van der Waals surface area contributed by atoms with Gasteiger partial charge in [0.15, 0.2) is 5.65 Å². The van der Waals surface area contributed by atoms with Crippen molar-refractivity contribution >= 4 is 39.3 Å². The monoisotopic (exact) mass is 385 g/mol. The van der Waals surface area contributed by atoms with Crippen LogP contribution in [0.3, 0.4) is 0 Å². The molecule has 5 aromatic rings. The van der Waals surface area contributed by atoms with Crippen LogP contribution in [0.5, 0.6) is 0 Å². The van der Waals surface area contributed by atoms with Crippen LogP contribution in [-0.2, 0) is 0 Å². The molecular formula is C21H19N7O. The number of carbonyl (C=O) groups excluding carboxylic acids is 1. The highest BCUT2D eigenvalue weighted by molar-refractivity contribution is 6.07. The Hall–Kier alpha value is -3.94. The number of imidazole rings is 2. The number of anilines is 1. The van der Waals surface area contributed by atoms with E-state index in [0.717, 1.165) is 33.4 Å². The first-order valence-corrected chi connectivity index (χ1v) is 9.33. The molecule has 0 aliphatic heterocycles. The highest BCUT2D eigenvalue weighted by Crippen LogP contribution is 2.30. The van der Waals surface area contributed by atoms with Gasteiger partial charge >= 0.3 is 0 Å². The third-order valence-electron chi connectivity index (χ3n) is 5.08. The van der Waals surface area contributed by atoms with Crippen LogP contribution >= 0.6 is 0 Å². The van der Waals surface area contributed by atoms with E-state index in [1.165, 1.54) is 0 Å². The minimum atomic E-state index is -0.192. The lowest BCUT2D eigenvalue weighted by Crippen LogP contribution is -2.19. The van der Waals surface area contributed by atoms with Gasteiger partial charge in [0, 0.05) is 30.5 Å². The quantitative estimate of drug-likeness (QED) is 0.441. The van der Waals surface area contributed by atoms with E-state index in [-0.39, 0.29) is 11.9 Å². The van der Waals surface area contributed by atoms with Crippen molar-refractivity contribution in [3.8, 4) is 0 Å². The van der Waals surface area contributed by atoms with Crippen molar-refractivity contribution < 1.29 is 4.79 Å². The lowest BCUT2D eigenvalue weighted by molar-refractivity contribution is 0.0964. The number of rotatable bonds is 4. The first-order chi connectivity index (χ1) is 14.2. The Kier molecular flexibility index (Phi) is 3.90. The molecule has 0 saturated carbocycles. The van der Waals surface area contributed by atoms with Gasteiger partial charge in [0.05, 0.1) is 34.7 Å². The van der Waals surface area contributed by atoms with Crippen LogP contribution in [0.2, 0.25) is 0 Å². The Morgan fingerprint density at radius 1 is 1.17 bits per heavy atom. The van der Waals surface area contributed by atoms with E-state index >= 15 is 0 Å². The maximum atomic E-state index is 12.6. The zero-order valence-electron chi connectivity index (χ0n) is 16.0. The van der Waals surface area contributed by atoms with Gasteiger partial charge in [-0.15, -0.1) is 0 Å². The lowest BCUT2D eigenvalue weighted by atomic mass is 10.1. The van der Waals surface area contributed by atoms with Crippen LogP contribution in [0.4, 0.5) is 5.69 Å². The highest BCUT2D eigenvalue weighted by Gasteiger charge is 2.19. The molecule has 1 amide bonds. The zero-order valence-corrected chi connectivity index (χ0v) is 16.0. The lowest BCUT2D eigenvalue weighted by Gasteiger charge is -2.16. The number of amides is 1. The van der Waals surface area contributed by atoms with Crippen molar-refractivity contribution in [3.05, 3.63) is 66.4 Å². The van der Waals surface area contributed by atoms with Gasteiger partial charge in [-0.3, -0.25) is 9.20 Å². The first kappa shape index (κ1) is 17.2. The maximum Gasteiger partial charge on any atom is 0.254 e. The number of hydrogen-bond acceptors (Lipinski definition) is 5. The van der Waals surface area contributed by atoms with E-state index in [1.54, 1.807) is 19.6 Å². The Morgan fingerprint density at radius 3 is 2.83 bits per heavy atom. The minimum Gasteiger partial charge on any atom is -0.376 e. The van der Waals surface area contributed by atoms with Crippen LogP contribution in [-0.4, -0.2) is 37.3 Å². The van der Waals surface area contributed by atoms with Gasteiger partial charge in [-0.2, -0.15) is 0 Å². The number of fused-ring (bicyclic) bond motifs is 5. The second-order valence-electron chi connectivity index (χ2n) is 6.85. The van der Waals surface area contributed by atoms with Crippen molar-refractivity contribution in [1.82, 2.24) is 29.7 Å². The number of benzene rings is 1. The number of nitrogens with one attached hydrogen (secondary N) is 3. The van der Waals surface area contributed by atoms with Crippen LogP contribution in [0.1, 0.15) is 29.0 Å². The predicted octanol–water partition coefficient (Wildman–Crippen LogP) is 3.29. The molecule has 0 radical (unpaired) electrons. The van der Waals surface area contributed by atoms with E-state index in [4.69, 9.17) is 4.98 Å². The molecule has 0 spiro atoms. The number of H-pyrrole nitrogens is 1. The van der Waals surface area contributed by atoms with Crippen molar-refractivity contribution in [2.24, 2.45) is 0 Å². The van der Waals surface area contributed by atoms with E-state index in [1.807, 2.05) is 53.9 Å². The van der Waals surface area contributed by atoms with Crippen molar-refractivity contribution in [3.63, 3.8) is 0 Å². The van der Waals surface area contributed by atoms with Crippen LogP contribution in [0.25, 0.3) is 27.7 Å². The van der Waals surface area contributed by atoms with Crippen LogP contribution < -0.4 is 10.6 Å². The molecule has 0 saturated heterocycles. The Labute approximate surface area is 166 Å². The third-order valence-corrected chi connectivity index (χ3v) is 5.08. The summed E-state index contributed by atoms with van der Waals surface area (Å²) in [4.78, 5) is 29.3. The van der Waals surface area contributed by atoms with Crippen molar-refractivity contribution in [2.75, 3.05) is 12.4 Å². The molecule has 0 bridgehead atoms. The number of para-hydroxylation sites is 2. The number of aromatic nitrogens is 5. The fourth-order valence-corrected chi connectivity index (χ4v) is 3.66. The fraction of sp³-hybridized carbons (Fsp3) is 0.143. The molecular weight excluding hydrogens is 366 g/mol. The maximum absolute atomic E-state index is 12.6. The Morgan fingerprint density at radius 2 is 2.03 bits per heavy atom. The van der Waals surface area contributed by atoms with E-state index in [9.17, 15) is 4.79 Å². The molecule has 1 atom stereocenters. The van der Waals surface area contributed by atoms with Gasteiger partial charge in [0.2, 0.25) is 0 Å². The molecule has 4 heterocycles. The highest BCUT2D eigenvalue weighted by atomic mass is 16.1. The number of aromatic amines is 1. The summed E-state index contributed by atoms with van der Waals surface area (Å²) in [6, 6.07) is 11.5. The van der Waals surface area contributed by atoms with E-state index < -0.39 is 0 Å². The van der Waals surface area contributed by atoms with E-state index in [2.05, 4.69) is 25.6 Å². The molecule has 1 unspecified atom stereocenters. The summed E-state index contributed by atoms with van der Waals surface area (Å²) in [5.41, 5.74) is 5.31. The van der Waals surface area contributed by atoms with Gasteiger partial charge < -0.3 is 15.6 Å². The molecule has 144 valence electrons. The van der Waals surface area contributed by atoms with Crippen LogP contribution in [0, 0.1) is 0 Å². The topological polar surface area (TPSA) is 100 Å². The van der Waals surface area contributed by atoms with Gasteiger partial charge in [0.1, 0.15) is 5.65 Å². The second kappa shape index (κ2) is 6.59. The van der Waals surface area contributed by atoms with Gasteiger partial charge in [-0.25, -0.2) is 15.0 Å². The Bertz CT molecular complexity index is 1350. The number of hydrogen-bond donors (Lipinski definition) is 3. The van der Waals surface area contributed by atoms with Crippen molar-refractivity contribution in [2.45, 2.75) is 13.0 Å². The smallest absolute Gasteiger partial charge is 0.254 e. The minimum absolute atomic E-state index is 0.0227. The molecule has 8 heteroatoms. The molecule has 0 fully saturated rings. The largest absolute Gasteiger partial charge is 0.376 e. The number of nitrogens with zero attached hydrogens (tertiary/aromatic N) is 4. The summed E-state index contributed by atoms with van der Waals surface area (Å²) < 4.78 is 1.94. The summed E-state index contributed by atoms with van der Waals surface area (Å²) in [6.07, 6.45) is 5.28. The summed E-state index contributed by atoms with van der Waals surface area (Å²) in [5, 5.41) is 7.04. The van der Waals surface area contributed by atoms with Gasteiger partial charge in [0.25, 0.3) is 5.91 Å². The SMILES string of the molecule is CNC(=O)c1cc2c(NC(C)c3c[nH]cn3)ccnc2n2c1nc1ccccc12. The molecule has 29 heavy (non-hydrogen) atoms. The first-order valence-electron chi connectivity index (χ1n) is 9.33. The second-order valence-corrected chi connectivity index (χ2v) is 6.85. The van der Waals surface area contributed by atoms with Crippen molar-refractivity contribution in [1.29, 1.82) is 0 Å². The molecule has 4 aromatic heterocycles. The molecule has 0 aliphatic rings. The predicted molar refractivity (Wildman–Crippen MR) is 112 cm³/mol. The summed E-state index contributed by atoms with van der Waals surface area (Å²) in [7, 11) is 1.62.